The summed E-state index contributed by atoms with van der Waals surface area (Å²) in [6.45, 7) is 7.88. The monoisotopic (exact) mass is 246 g/mol. The molecule has 1 aromatic rings. The second kappa shape index (κ2) is 4.59. The summed E-state index contributed by atoms with van der Waals surface area (Å²) in [6.07, 6.45) is -3.81. The van der Waals surface area contributed by atoms with Crippen LogP contribution in [0.25, 0.3) is 0 Å². The number of ether oxygens (including phenoxy) is 1. The Kier molecular flexibility index (Phi) is 3.74. The largest absolute Gasteiger partial charge is 0.573 e. The molecule has 1 rings (SSSR count). The molecule has 1 aromatic carbocycles. The van der Waals surface area contributed by atoms with Crippen molar-refractivity contribution in [2.75, 3.05) is 0 Å². The van der Waals surface area contributed by atoms with Crippen LogP contribution < -0.4 is 4.74 Å². The molecule has 0 aromatic heterocycles. The maximum atomic E-state index is 12.1. The minimum absolute atomic E-state index is 0.110. The molecular weight excluding hydrogens is 229 g/mol. The summed E-state index contributed by atoms with van der Waals surface area (Å²) in [4.78, 5) is 0. The van der Waals surface area contributed by atoms with Crippen LogP contribution in [-0.4, -0.2) is 6.36 Å². The SMILES string of the molecule is Cc1cc(CC(C)(C)C)ccc1OC(F)(F)F. The lowest BCUT2D eigenvalue weighted by Crippen LogP contribution is -2.18. The van der Waals surface area contributed by atoms with Gasteiger partial charge in [0.25, 0.3) is 0 Å². The average Bonchev–Trinajstić information content (AvgIpc) is 2.05. The third-order valence-corrected chi connectivity index (χ3v) is 2.20. The fraction of sp³-hybridized carbons (Fsp3) is 0.538. The number of hydrogen-bond donors (Lipinski definition) is 0. The van der Waals surface area contributed by atoms with Crippen LogP contribution in [0.1, 0.15) is 31.9 Å². The van der Waals surface area contributed by atoms with Crippen molar-refractivity contribution in [1.29, 1.82) is 0 Å². The van der Waals surface area contributed by atoms with Gasteiger partial charge in [0.2, 0.25) is 0 Å². The molecule has 0 bridgehead atoms. The number of benzene rings is 1. The lowest BCUT2D eigenvalue weighted by molar-refractivity contribution is -0.274. The Hall–Kier alpha value is -1.19. The molecule has 0 saturated carbocycles. The molecule has 0 saturated heterocycles. The van der Waals surface area contributed by atoms with Crippen molar-refractivity contribution in [1.82, 2.24) is 0 Å². The molecule has 0 atom stereocenters. The first-order valence-corrected chi connectivity index (χ1v) is 5.42. The zero-order chi connectivity index (χ0) is 13.3. The van der Waals surface area contributed by atoms with E-state index in [1.54, 1.807) is 19.1 Å². The standard InChI is InChI=1S/C13H17F3O/c1-9-7-10(8-12(2,3)4)5-6-11(9)17-13(14,15)16/h5-7H,8H2,1-4H3. The predicted molar refractivity (Wildman–Crippen MR) is 61.0 cm³/mol. The highest BCUT2D eigenvalue weighted by Crippen LogP contribution is 2.28. The summed E-state index contributed by atoms with van der Waals surface area (Å²) in [5, 5.41) is 0. The highest BCUT2D eigenvalue weighted by molar-refractivity contribution is 5.36. The summed E-state index contributed by atoms with van der Waals surface area (Å²) in [6, 6.07) is 4.80. The van der Waals surface area contributed by atoms with Crippen LogP contribution >= 0.6 is 0 Å². The van der Waals surface area contributed by atoms with Gasteiger partial charge in [-0.3, -0.25) is 0 Å². The Balaban J connectivity index is 2.87. The molecule has 0 aliphatic carbocycles. The van der Waals surface area contributed by atoms with Gasteiger partial charge in [-0.1, -0.05) is 32.9 Å². The van der Waals surface area contributed by atoms with Gasteiger partial charge in [-0.2, -0.15) is 0 Å². The van der Waals surface area contributed by atoms with E-state index in [-0.39, 0.29) is 11.2 Å². The van der Waals surface area contributed by atoms with Crippen LogP contribution in [0.15, 0.2) is 18.2 Å². The van der Waals surface area contributed by atoms with Gasteiger partial charge in [-0.05, 0) is 36.0 Å². The van der Waals surface area contributed by atoms with Crippen LogP contribution in [0.2, 0.25) is 0 Å². The van der Waals surface area contributed by atoms with E-state index in [4.69, 9.17) is 0 Å². The molecule has 0 spiro atoms. The summed E-state index contributed by atoms with van der Waals surface area (Å²) < 4.78 is 40.1. The Morgan fingerprint density at radius 3 is 2.12 bits per heavy atom. The number of aryl methyl sites for hydroxylation is 1. The molecule has 1 nitrogen and oxygen atoms in total. The lowest BCUT2D eigenvalue weighted by atomic mass is 9.88. The minimum atomic E-state index is -4.63. The number of hydrogen-bond acceptors (Lipinski definition) is 1. The first kappa shape index (κ1) is 13.9. The van der Waals surface area contributed by atoms with Gasteiger partial charge in [-0.15, -0.1) is 13.2 Å². The Labute approximate surface area is 99.6 Å². The topological polar surface area (TPSA) is 9.23 Å². The molecule has 0 fully saturated rings. The molecule has 0 aliphatic rings. The molecule has 96 valence electrons. The highest BCUT2D eigenvalue weighted by atomic mass is 19.4. The first-order chi connectivity index (χ1) is 7.57. The van der Waals surface area contributed by atoms with Crippen molar-refractivity contribution in [2.24, 2.45) is 5.41 Å². The third-order valence-electron chi connectivity index (χ3n) is 2.20. The quantitative estimate of drug-likeness (QED) is 0.747. The van der Waals surface area contributed by atoms with Gasteiger partial charge in [0.15, 0.2) is 0 Å². The van der Waals surface area contributed by atoms with Gasteiger partial charge in [-0.25, -0.2) is 0 Å². The van der Waals surface area contributed by atoms with E-state index >= 15 is 0 Å². The van der Waals surface area contributed by atoms with Gasteiger partial charge in [0, 0.05) is 0 Å². The molecule has 0 heterocycles. The molecule has 0 radical (unpaired) electrons. The third kappa shape index (κ3) is 5.11. The molecule has 0 amide bonds. The Bertz CT molecular complexity index is 389. The smallest absolute Gasteiger partial charge is 0.406 e. The summed E-state index contributed by atoms with van der Waals surface area (Å²) in [7, 11) is 0. The van der Waals surface area contributed by atoms with Gasteiger partial charge >= 0.3 is 6.36 Å². The molecule has 0 N–H and O–H groups in total. The molecule has 17 heavy (non-hydrogen) atoms. The molecule has 0 aliphatic heterocycles. The van der Waals surface area contributed by atoms with E-state index in [0.717, 1.165) is 12.0 Å². The van der Waals surface area contributed by atoms with Crippen molar-refractivity contribution >= 4 is 0 Å². The second-order valence-electron chi connectivity index (χ2n) is 5.39. The maximum Gasteiger partial charge on any atom is 0.573 e. The van der Waals surface area contributed by atoms with E-state index < -0.39 is 6.36 Å². The molecule has 4 heteroatoms. The average molecular weight is 246 g/mol. The van der Waals surface area contributed by atoms with Crippen molar-refractivity contribution in [3.63, 3.8) is 0 Å². The normalized spacial score (nSPS) is 12.6. The van der Waals surface area contributed by atoms with E-state index in [1.165, 1.54) is 6.07 Å². The van der Waals surface area contributed by atoms with Crippen molar-refractivity contribution in [3.05, 3.63) is 29.3 Å². The van der Waals surface area contributed by atoms with Gasteiger partial charge in [0.1, 0.15) is 5.75 Å². The van der Waals surface area contributed by atoms with Gasteiger partial charge in [0.05, 0.1) is 0 Å². The summed E-state index contributed by atoms with van der Waals surface area (Å²) >= 11 is 0. The minimum Gasteiger partial charge on any atom is -0.406 e. The summed E-state index contributed by atoms with van der Waals surface area (Å²) in [5.41, 5.74) is 1.63. The zero-order valence-corrected chi connectivity index (χ0v) is 10.5. The first-order valence-electron chi connectivity index (χ1n) is 5.42. The van der Waals surface area contributed by atoms with Crippen molar-refractivity contribution in [3.8, 4) is 5.75 Å². The fourth-order valence-electron chi connectivity index (χ4n) is 1.67. The van der Waals surface area contributed by atoms with Crippen LogP contribution in [0.5, 0.6) is 5.75 Å². The van der Waals surface area contributed by atoms with Crippen molar-refractivity contribution in [2.45, 2.75) is 40.5 Å². The number of rotatable bonds is 2. The maximum absolute atomic E-state index is 12.1. The lowest BCUT2D eigenvalue weighted by Gasteiger charge is -2.19. The number of halogens is 3. The van der Waals surface area contributed by atoms with E-state index in [1.807, 2.05) is 0 Å². The Morgan fingerprint density at radius 1 is 1.12 bits per heavy atom. The molecule has 0 unspecified atom stereocenters. The Morgan fingerprint density at radius 2 is 1.71 bits per heavy atom. The molecular formula is C13H17F3O. The van der Waals surface area contributed by atoms with Gasteiger partial charge < -0.3 is 4.74 Å². The van der Waals surface area contributed by atoms with Crippen molar-refractivity contribution < 1.29 is 17.9 Å². The zero-order valence-electron chi connectivity index (χ0n) is 10.5. The van der Waals surface area contributed by atoms with Crippen LogP contribution in [-0.2, 0) is 6.42 Å². The summed E-state index contributed by atoms with van der Waals surface area (Å²) in [5.74, 6) is -0.129. The van der Waals surface area contributed by atoms with E-state index in [0.29, 0.717) is 5.56 Å². The fourth-order valence-corrected chi connectivity index (χ4v) is 1.67. The van der Waals surface area contributed by atoms with Crippen LogP contribution in [0, 0.1) is 12.3 Å². The van der Waals surface area contributed by atoms with E-state index in [9.17, 15) is 13.2 Å². The second-order valence-corrected chi connectivity index (χ2v) is 5.39. The van der Waals surface area contributed by atoms with E-state index in [2.05, 4.69) is 25.5 Å². The number of alkyl halides is 3. The predicted octanol–water partition coefficient (Wildman–Crippen LogP) is 4.48. The van der Waals surface area contributed by atoms with Crippen LogP contribution in [0.4, 0.5) is 13.2 Å². The van der Waals surface area contributed by atoms with Crippen LogP contribution in [0.3, 0.4) is 0 Å². The highest BCUT2D eigenvalue weighted by Gasteiger charge is 2.31.